The second-order valence-corrected chi connectivity index (χ2v) is 15.9. The summed E-state index contributed by atoms with van der Waals surface area (Å²) in [6, 6.07) is 8.91. The Bertz CT molecular complexity index is 1680. The van der Waals surface area contributed by atoms with Crippen LogP contribution >= 0.6 is 0 Å². The first-order chi connectivity index (χ1) is 26.5. The van der Waals surface area contributed by atoms with E-state index in [1.165, 1.54) is 12.8 Å². The van der Waals surface area contributed by atoms with Gasteiger partial charge >= 0.3 is 0 Å². The van der Waals surface area contributed by atoms with E-state index in [0.717, 1.165) is 61.7 Å². The number of nitrogens with one attached hydrogen (secondary N) is 3. The lowest BCUT2D eigenvalue weighted by Crippen LogP contribution is -2.43. The SMILES string of the molecule is CCCN(CCC)C(=O)C1=Cc2ccc(C(=O)Nc3ccc(N4CCC(C(=O)NCCNC(=O)C5CCC(CCC(C)C)CC5)CC4)nc3)cc2N=C(N)C1. The number of aromatic nitrogens is 1. The quantitative estimate of drug-likeness (QED) is 0.143. The summed E-state index contributed by atoms with van der Waals surface area (Å²) in [6.45, 7) is 12.3. The van der Waals surface area contributed by atoms with Crippen molar-refractivity contribution in [3.8, 4) is 0 Å². The number of carbonyl (C=O) groups is 4. The van der Waals surface area contributed by atoms with Crippen LogP contribution in [0.4, 0.5) is 17.2 Å². The highest BCUT2D eigenvalue weighted by atomic mass is 16.2. The second kappa shape index (κ2) is 20.3. The molecule has 5 N–H and O–H groups in total. The van der Waals surface area contributed by atoms with Crippen molar-refractivity contribution in [1.29, 1.82) is 0 Å². The molecule has 0 unspecified atom stereocenters. The van der Waals surface area contributed by atoms with Gasteiger partial charge in [-0.2, -0.15) is 0 Å². The molecule has 3 aliphatic rings. The Kier molecular flexibility index (Phi) is 15.3. The van der Waals surface area contributed by atoms with Crippen molar-refractivity contribution in [2.75, 3.05) is 49.5 Å². The van der Waals surface area contributed by atoms with Crippen LogP contribution in [0.3, 0.4) is 0 Å². The molecule has 2 aromatic rings. The van der Waals surface area contributed by atoms with Crippen molar-refractivity contribution < 1.29 is 19.2 Å². The number of rotatable bonds is 16. The Morgan fingerprint density at radius 2 is 1.55 bits per heavy atom. The summed E-state index contributed by atoms with van der Waals surface area (Å²) in [7, 11) is 0. The highest BCUT2D eigenvalue weighted by Gasteiger charge is 2.28. The maximum absolute atomic E-state index is 13.3. The predicted octanol–water partition coefficient (Wildman–Crippen LogP) is 6.45. The van der Waals surface area contributed by atoms with E-state index in [2.05, 4.69) is 58.5 Å². The van der Waals surface area contributed by atoms with E-state index < -0.39 is 0 Å². The minimum absolute atomic E-state index is 0.0319. The molecule has 2 fully saturated rings. The smallest absolute Gasteiger partial charge is 0.255 e. The van der Waals surface area contributed by atoms with Crippen LogP contribution in [0.1, 0.15) is 114 Å². The number of nitrogens with two attached hydrogens (primary N) is 1. The van der Waals surface area contributed by atoms with E-state index in [4.69, 9.17) is 5.73 Å². The molecule has 0 spiro atoms. The van der Waals surface area contributed by atoms with E-state index in [1.807, 2.05) is 23.1 Å². The van der Waals surface area contributed by atoms with Gasteiger partial charge in [0.05, 0.1) is 17.6 Å². The van der Waals surface area contributed by atoms with Gasteiger partial charge in [-0.1, -0.05) is 46.6 Å². The molecule has 0 radical (unpaired) electrons. The number of nitrogens with zero attached hydrogens (tertiary/aromatic N) is 4. The molecule has 298 valence electrons. The number of hydrogen-bond acceptors (Lipinski definition) is 8. The maximum Gasteiger partial charge on any atom is 0.255 e. The zero-order chi connectivity index (χ0) is 39.3. The van der Waals surface area contributed by atoms with Crippen molar-refractivity contribution in [3.05, 3.63) is 53.2 Å². The summed E-state index contributed by atoms with van der Waals surface area (Å²) >= 11 is 0. The van der Waals surface area contributed by atoms with E-state index in [0.29, 0.717) is 80.5 Å². The topological polar surface area (TPSA) is 162 Å². The van der Waals surface area contributed by atoms with Gasteiger partial charge < -0.3 is 31.5 Å². The molecule has 1 saturated heterocycles. The Hall–Kier alpha value is -4.74. The molecule has 55 heavy (non-hydrogen) atoms. The summed E-state index contributed by atoms with van der Waals surface area (Å²) in [5, 5.41) is 8.98. The van der Waals surface area contributed by atoms with E-state index in [-0.39, 0.29) is 41.9 Å². The van der Waals surface area contributed by atoms with Gasteiger partial charge in [-0.15, -0.1) is 0 Å². The predicted molar refractivity (Wildman–Crippen MR) is 220 cm³/mol. The van der Waals surface area contributed by atoms with Gasteiger partial charge in [-0.05, 0) is 93.5 Å². The number of pyridine rings is 1. The highest BCUT2D eigenvalue weighted by molar-refractivity contribution is 6.08. The molecule has 1 saturated carbocycles. The summed E-state index contributed by atoms with van der Waals surface area (Å²) in [5.41, 5.74) is 9.09. The Morgan fingerprint density at radius 1 is 0.891 bits per heavy atom. The van der Waals surface area contributed by atoms with Crippen LogP contribution < -0.4 is 26.6 Å². The van der Waals surface area contributed by atoms with Crippen LogP contribution in [-0.2, 0) is 14.4 Å². The Labute approximate surface area is 327 Å². The highest BCUT2D eigenvalue weighted by Crippen LogP contribution is 2.33. The number of amides is 4. The fraction of sp³-hybridized carbons (Fsp3) is 0.581. The number of hydrogen-bond donors (Lipinski definition) is 4. The number of piperidine rings is 1. The van der Waals surface area contributed by atoms with Crippen LogP contribution in [0.2, 0.25) is 0 Å². The van der Waals surface area contributed by atoms with Gasteiger partial charge in [0.15, 0.2) is 0 Å². The first kappa shape index (κ1) is 41.4. The summed E-state index contributed by atoms with van der Waals surface area (Å²) < 4.78 is 0. The molecule has 12 heteroatoms. The molecule has 1 aliphatic carbocycles. The van der Waals surface area contributed by atoms with Crippen molar-refractivity contribution in [1.82, 2.24) is 20.5 Å². The van der Waals surface area contributed by atoms with Crippen molar-refractivity contribution in [3.63, 3.8) is 0 Å². The second-order valence-electron chi connectivity index (χ2n) is 15.9. The molecule has 3 heterocycles. The fourth-order valence-electron chi connectivity index (χ4n) is 7.89. The number of benzene rings is 1. The van der Waals surface area contributed by atoms with Gasteiger partial charge in [0.2, 0.25) is 17.7 Å². The molecule has 0 atom stereocenters. The van der Waals surface area contributed by atoms with Crippen LogP contribution in [0, 0.1) is 23.7 Å². The number of fused-ring (bicyclic) bond motifs is 1. The van der Waals surface area contributed by atoms with Crippen molar-refractivity contribution >= 4 is 52.7 Å². The first-order valence-corrected chi connectivity index (χ1v) is 20.6. The van der Waals surface area contributed by atoms with Gasteiger partial charge in [0.1, 0.15) is 11.7 Å². The molecule has 12 nitrogen and oxygen atoms in total. The van der Waals surface area contributed by atoms with Crippen molar-refractivity contribution in [2.24, 2.45) is 34.4 Å². The lowest BCUT2D eigenvalue weighted by atomic mass is 9.79. The molecular weight excluding hydrogens is 693 g/mol. The minimum Gasteiger partial charge on any atom is -0.387 e. The maximum atomic E-state index is 13.3. The van der Waals surface area contributed by atoms with Crippen LogP contribution in [0.15, 0.2) is 47.1 Å². The van der Waals surface area contributed by atoms with Gasteiger partial charge in [-0.25, -0.2) is 9.98 Å². The van der Waals surface area contributed by atoms with Crippen LogP contribution in [-0.4, -0.2) is 78.6 Å². The van der Waals surface area contributed by atoms with E-state index in [9.17, 15) is 19.2 Å². The van der Waals surface area contributed by atoms with Crippen molar-refractivity contribution in [2.45, 2.75) is 98.3 Å². The molecule has 2 aliphatic heterocycles. The number of carbonyl (C=O) groups excluding carboxylic acids is 4. The minimum atomic E-state index is -0.307. The van der Waals surface area contributed by atoms with E-state index >= 15 is 0 Å². The van der Waals surface area contributed by atoms with Gasteiger partial charge in [-0.3, -0.25) is 19.2 Å². The van der Waals surface area contributed by atoms with Gasteiger partial charge in [0, 0.05) is 74.2 Å². The summed E-state index contributed by atoms with van der Waals surface area (Å²) in [5.74, 6) is 2.45. The summed E-state index contributed by atoms with van der Waals surface area (Å²) in [6.07, 6.45) is 13.7. The first-order valence-electron chi connectivity index (χ1n) is 20.6. The normalized spacial score (nSPS) is 18.7. The third-order valence-corrected chi connectivity index (χ3v) is 11.1. The average molecular weight is 755 g/mol. The Morgan fingerprint density at radius 3 is 2.15 bits per heavy atom. The molecule has 4 amide bonds. The fourth-order valence-corrected chi connectivity index (χ4v) is 7.89. The zero-order valence-electron chi connectivity index (χ0n) is 33.4. The number of aliphatic imine (C=N–C) groups is 1. The Balaban J connectivity index is 1.04. The number of anilines is 2. The average Bonchev–Trinajstić information content (AvgIpc) is 3.36. The monoisotopic (exact) mass is 754 g/mol. The van der Waals surface area contributed by atoms with E-state index in [1.54, 1.807) is 24.4 Å². The largest absolute Gasteiger partial charge is 0.387 e. The zero-order valence-corrected chi connectivity index (χ0v) is 33.4. The van der Waals surface area contributed by atoms with Gasteiger partial charge in [0.25, 0.3) is 5.91 Å². The summed E-state index contributed by atoms with van der Waals surface area (Å²) in [4.78, 5) is 65.3. The molecular formula is C43H62N8O4. The molecule has 5 rings (SSSR count). The van der Waals surface area contributed by atoms with Crippen LogP contribution in [0.25, 0.3) is 6.08 Å². The standard InChI is InChI=1S/C43H62N8O4/c1-5-21-51(22-6-2)43(55)35-25-33-13-14-34(26-37(33)49-38(44)27-35)42(54)48-36-15-16-39(47-28-36)50-23-17-32(18-24-50)41(53)46-20-19-45-40(52)31-11-9-30(10-12-31)8-7-29(3)4/h13-16,25-26,28-32H,5-12,17-24,27H2,1-4H3,(H2,44,49)(H,45,52)(H,46,53)(H,48,54). The molecule has 0 bridgehead atoms. The third kappa shape index (κ3) is 11.9. The number of amidine groups is 1. The molecule has 1 aromatic heterocycles. The van der Waals surface area contributed by atoms with Crippen LogP contribution in [0.5, 0.6) is 0 Å². The molecule has 1 aromatic carbocycles. The lowest BCUT2D eigenvalue weighted by Gasteiger charge is -2.32. The lowest BCUT2D eigenvalue weighted by molar-refractivity contribution is -0.127. The third-order valence-electron chi connectivity index (χ3n) is 11.1.